The Kier molecular flexibility index (Phi) is 4.82. The van der Waals surface area contributed by atoms with Crippen LogP contribution in [0, 0.1) is 0 Å². The first kappa shape index (κ1) is 20.5. The van der Waals surface area contributed by atoms with Crippen molar-refractivity contribution in [2.45, 2.75) is 0 Å². The molecule has 36 heavy (non-hydrogen) atoms. The molecule has 1 N–H and O–H groups in total. The molecule has 0 amide bonds. The second-order valence-corrected chi connectivity index (χ2v) is 9.07. The molecular formula is C34H23NO. The van der Waals surface area contributed by atoms with Crippen LogP contribution in [-0.4, -0.2) is 0 Å². The first-order valence-corrected chi connectivity index (χ1v) is 12.2. The summed E-state index contributed by atoms with van der Waals surface area (Å²) in [5, 5.41) is 8.41. The Morgan fingerprint density at radius 3 is 1.94 bits per heavy atom. The molecule has 0 aliphatic heterocycles. The minimum absolute atomic E-state index is 0.876. The van der Waals surface area contributed by atoms with Crippen LogP contribution in [0.4, 0.5) is 11.4 Å². The van der Waals surface area contributed by atoms with Crippen molar-refractivity contribution in [1.82, 2.24) is 0 Å². The van der Waals surface area contributed by atoms with E-state index in [-0.39, 0.29) is 0 Å². The zero-order chi connectivity index (χ0) is 23.9. The molecule has 0 aliphatic rings. The van der Waals surface area contributed by atoms with Crippen molar-refractivity contribution in [2.24, 2.45) is 0 Å². The Morgan fingerprint density at radius 2 is 1.14 bits per heavy atom. The summed E-state index contributed by atoms with van der Waals surface area (Å²) in [6, 6.07) is 46.7. The zero-order valence-corrected chi connectivity index (χ0v) is 19.6. The maximum atomic E-state index is 6.44. The monoisotopic (exact) mass is 461 g/mol. The summed E-state index contributed by atoms with van der Waals surface area (Å²) >= 11 is 0. The maximum absolute atomic E-state index is 6.44. The maximum Gasteiger partial charge on any atom is 0.159 e. The summed E-state index contributed by atoms with van der Waals surface area (Å²) in [4.78, 5) is 0. The number of anilines is 2. The van der Waals surface area contributed by atoms with E-state index in [2.05, 4.69) is 127 Å². The lowest BCUT2D eigenvalue weighted by molar-refractivity contribution is 0.670. The summed E-state index contributed by atoms with van der Waals surface area (Å²) in [5.74, 6) is 0. The molecule has 0 saturated heterocycles. The summed E-state index contributed by atoms with van der Waals surface area (Å²) in [6.45, 7) is 0. The van der Waals surface area contributed by atoms with Crippen LogP contribution in [0.15, 0.2) is 138 Å². The third kappa shape index (κ3) is 3.43. The standard InChI is InChI=1S/C34H23NO/c1-3-11-23(12-4-1)25-19-20-30(29(21-25)24-13-5-2-6-14-24)35-31-22-26-15-7-8-16-27(26)33-28-17-9-10-18-32(28)36-34(31)33/h1-22,35H. The molecule has 1 heterocycles. The van der Waals surface area contributed by atoms with Crippen LogP contribution in [0.1, 0.15) is 0 Å². The first-order valence-electron chi connectivity index (χ1n) is 12.2. The van der Waals surface area contributed by atoms with Crippen LogP contribution in [0.2, 0.25) is 0 Å². The van der Waals surface area contributed by atoms with Crippen LogP contribution >= 0.6 is 0 Å². The lowest BCUT2D eigenvalue weighted by atomic mass is 9.97. The van der Waals surface area contributed by atoms with Gasteiger partial charge in [0.2, 0.25) is 0 Å². The molecule has 6 aromatic carbocycles. The van der Waals surface area contributed by atoms with E-state index in [1.54, 1.807) is 0 Å². The molecule has 0 fully saturated rings. The third-order valence-electron chi connectivity index (χ3n) is 6.85. The number of hydrogen-bond donors (Lipinski definition) is 1. The van der Waals surface area contributed by atoms with Crippen LogP contribution in [0.25, 0.3) is 55.0 Å². The number of fused-ring (bicyclic) bond motifs is 5. The second kappa shape index (κ2) is 8.44. The van der Waals surface area contributed by atoms with E-state index in [1.807, 2.05) is 12.1 Å². The predicted octanol–water partition coefficient (Wildman–Crippen LogP) is 9.82. The Hall–Kier alpha value is -4.82. The summed E-state index contributed by atoms with van der Waals surface area (Å²) in [5.41, 5.74) is 8.48. The molecule has 0 saturated carbocycles. The predicted molar refractivity (Wildman–Crippen MR) is 152 cm³/mol. The highest BCUT2D eigenvalue weighted by atomic mass is 16.3. The fraction of sp³-hybridized carbons (Fsp3) is 0. The van der Waals surface area contributed by atoms with Crippen molar-refractivity contribution in [3.8, 4) is 22.3 Å². The summed E-state index contributed by atoms with van der Waals surface area (Å²) < 4.78 is 6.44. The molecule has 0 atom stereocenters. The van der Waals surface area contributed by atoms with Crippen molar-refractivity contribution in [3.63, 3.8) is 0 Å². The Bertz CT molecular complexity index is 1850. The van der Waals surface area contributed by atoms with Crippen molar-refractivity contribution >= 4 is 44.1 Å². The molecular weight excluding hydrogens is 438 g/mol. The van der Waals surface area contributed by atoms with E-state index in [1.165, 1.54) is 27.5 Å². The van der Waals surface area contributed by atoms with E-state index >= 15 is 0 Å². The first-order chi connectivity index (χ1) is 17.8. The fourth-order valence-electron chi connectivity index (χ4n) is 5.13. The van der Waals surface area contributed by atoms with E-state index in [9.17, 15) is 0 Å². The van der Waals surface area contributed by atoms with Crippen molar-refractivity contribution in [3.05, 3.63) is 133 Å². The molecule has 7 rings (SSSR count). The molecule has 2 heteroatoms. The lowest BCUT2D eigenvalue weighted by Gasteiger charge is -2.16. The van der Waals surface area contributed by atoms with Gasteiger partial charge in [-0.2, -0.15) is 0 Å². The fourth-order valence-corrected chi connectivity index (χ4v) is 5.13. The number of nitrogens with one attached hydrogen (secondary N) is 1. The van der Waals surface area contributed by atoms with E-state index < -0.39 is 0 Å². The van der Waals surface area contributed by atoms with E-state index in [0.29, 0.717) is 0 Å². The van der Waals surface area contributed by atoms with Gasteiger partial charge >= 0.3 is 0 Å². The lowest BCUT2D eigenvalue weighted by Crippen LogP contribution is -1.95. The van der Waals surface area contributed by atoms with Gasteiger partial charge in [0.05, 0.1) is 5.69 Å². The van der Waals surface area contributed by atoms with Crippen molar-refractivity contribution in [1.29, 1.82) is 0 Å². The van der Waals surface area contributed by atoms with Gasteiger partial charge in [0, 0.05) is 22.0 Å². The third-order valence-corrected chi connectivity index (χ3v) is 6.85. The Morgan fingerprint density at radius 1 is 0.472 bits per heavy atom. The second-order valence-electron chi connectivity index (χ2n) is 9.07. The molecule has 0 bridgehead atoms. The topological polar surface area (TPSA) is 25.2 Å². The van der Waals surface area contributed by atoms with Crippen molar-refractivity contribution < 1.29 is 4.42 Å². The molecule has 2 nitrogen and oxygen atoms in total. The molecule has 7 aromatic rings. The summed E-state index contributed by atoms with van der Waals surface area (Å²) in [6.07, 6.45) is 0. The molecule has 1 aromatic heterocycles. The molecule has 0 aliphatic carbocycles. The Labute approximate surface area is 209 Å². The minimum atomic E-state index is 0.876. The zero-order valence-electron chi connectivity index (χ0n) is 19.6. The SMILES string of the molecule is c1ccc(-c2ccc(Nc3cc4ccccc4c4c3oc3ccccc34)c(-c3ccccc3)c2)cc1. The quantitative estimate of drug-likeness (QED) is 0.282. The molecule has 0 spiro atoms. The highest BCUT2D eigenvalue weighted by Gasteiger charge is 2.16. The van der Waals surface area contributed by atoms with Gasteiger partial charge in [-0.25, -0.2) is 0 Å². The Balaban J connectivity index is 1.45. The van der Waals surface area contributed by atoms with Crippen LogP contribution in [-0.2, 0) is 0 Å². The molecule has 170 valence electrons. The van der Waals surface area contributed by atoms with Gasteiger partial charge in [0.25, 0.3) is 0 Å². The number of benzene rings is 6. The number of rotatable bonds is 4. The number of furan rings is 1. The molecule has 0 unspecified atom stereocenters. The van der Waals surface area contributed by atoms with Gasteiger partial charge < -0.3 is 9.73 Å². The average molecular weight is 462 g/mol. The van der Waals surface area contributed by atoms with Crippen LogP contribution in [0.3, 0.4) is 0 Å². The summed E-state index contributed by atoms with van der Waals surface area (Å²) in [7, 11) is 0. The van der Waals surface area contributed by atoms with Gasteiger partial charge in [0.1, 0.15) is 5.58 Å². The van der Waals surface area contributed by atoms with Gasteiger partial charge in [0.15, 0.2) is 5.58 Å². The van der Waals surface area contributed by atoms with Gasteiger partial charge in [-0.15, -0.1) is 0 Å². The van der Waals surface area contributed by atoms with Crippen LogP contribution < -0.4 is 5.32 Å². The normalized spacial score (nSPS) is 11.3. The number of para-hydroxylation sites is 1. The van der Waals surface area contributed by atoms with Gasteiger partial charge in [-0.1, -0.05) is 109 Å². The number of hydrogen-bond acceptors (Lipinski definition) is 2. The highest BCUT2D eigenvalue weighted by Crippen LogP contribution is 2.42. The highest BCUT2D eigenvalue weighted by molar-refractivity contribution is 6.22. The van der Waals surface area contributed by atoms with E-state index in [4.69, 9.17) is 4.42 Å². The minimum Gasteiger partial charge on any atom is -0.454 e. The van der Waals surface area contributed by atoms with Crippen LogP contribution in [0.5, 0.6) is 0 Å². The van der Waals surface area contributed by atoms with Crippen molar-refractivity contribution in [2.75, 3.05) is 5.32 Å². The van der Waals surface area contributed by atoms with Gasteiger partial charge in [-0.05, 0) is 51.7 Å². The smallest absolute Gasteiger partial charge is 0.159 e. The van der Waals surface area contributed by atoms with Gasteiger partial charge in [-0.3, -0.25) is 0 Å². The largest absolute Gasteiger partial charge is 0.454 e. The molecule has 0 radical (unpaired) electrons. The van der Waals surface area contributed by atoms with E-state index in [0.717, 1.165) is 38.9 Å². The average Bonchev–Trinajstić information content (AvgIpc) is 3.35.